The maximum atomic E-state index is 11.3. The van der Waals surface area contributed by atoms with Gasteiger partial charge in [0.2, 0.25) is 0 Å². The van der Waals surface area contributed by atoms with E-state index >= 15 is 0 Å². The first-order chi connectivity index (χ1) is 6.26. The summed E-state index contributed by atoms with van der Waals surface area (Å²) in [5, 5.41) is 5.98. The number of urea groups is 1. The summed E-state index contributed by atoms with van der Waals surface area (Å²) in [5.74, 6) is 0. The van der Waals surface area contributed by atoms with Crippen LogP contribution < -0.4 is 10.6 Å². The summed E-state index contributed by atoms with van der Waals surface area (Å²) in [6, 6.07) is 0.0714. The Morgan fingerprint density at radius 1 is 1.38 bits per heavy atom. The van der Waals surface area contributed by atoms with Gasteiger partial charge in [-0.1, -0.05) is 0 Å². The van der Waals surface area contributed by atoms with Crippen molar-refractivity contribution in [2.75, 3.05) is 33.2 Å². The molecule has 0 aromatic carbocycles. The van der Waals surface area contributed by atoms with E-state index in [1.54, 1.807) is 7.05 Å². The fourth-order valence-corrected chi connectivity index (χ4v) is 2.17. The Labute approximate surface area is 78.7 Å². The van der Waals surface area contributed by atoms with Gasteiger partial charge in [0.15, 0.2) is 0 Å². The van der Waals surface area contributed by atoms with Crippen molar-refractivity contribution in [2.45, 2.75) is 12.8 Å². The van der Waals surface area contributed by atoms with Gasteiger partial charge in [-0.3, -0.25) is 0 Å². The summed E-state index contributed by atoms with van der Waals surface area (Å²) >= 11 is 0. The summed E-state index contributed by atoms with van der Waals surface area (Å²) in [5.41, 5.74) is 0.532. The maximum absolute atomic E-state index is 11.3. The quantitative estimate of drug-likeness (QED) is 0.555. The zero-order valence-electron chi connectivity index (χ0n) is 8.10. The number of hydrogen-bond donors (Lipinski definition) is 2. The fourth-order valence-electron chi connectivity index (χ4n) is 2.17. The Morgan fingerprint density at radius 2 is 2.00 bits per heavy atom. The number of amides is 2. The summed E-state index contributed by atoms with van der Waals surface area (Å²) < 4.78 is 0. The van der Waals surface area contributed by atoms with E-state index in [2.05, 4.69) is 10.6 Å². The molecule has 0 aromatic rings. The molecule has 0 unspecified atom stereocenters. The molecule has 0 radical (unpaired) electrons. The molecule has 2 saturated heterocycles. The van der Waals surface area contributed by atoms with Crippen LogP contribution in [-0.2, 0) is 0 Å². The summed E-state index contributed by atoms with van der Waals surface area (Å²) in [6.07, 6.45) is 2.32. The lowest BCUT2D eigenvalue weighted by Crippen LogP contribution is -2.59. The Morgan fingerprint density at radius 3 is 2.38 bits per heavy atom. The van der Waals surface area contributed by atoms with Gasteiger partial charge in [-0.25, -0.2) is 4.79 Å². The summed E-state index contributed by atoms with van der Waals surface area (Å²) in [7, 11) is 1.69. The molecule has 2 rings (SSSR count). The number of rotatable bonds is 0. The molecule has 2 fully saturated rings. The highest BCUT2D eigenvalue weighted by atomic mass is 16.2. The van der Waals surface area contributed by atoms with Gasteiger partial charge in [0.25, 0.3) is 0 Å². The number of nitrogens with one attached hydrogen (secondary N) is 2. The number of piperidine rings is 1. The largest absolute Gasteiger partial charge is 0.341 e. The third kappa shape index (κ3) is 1.50. The average Bonchev–Trinajstić information content (AvgIpc) is 2.14. The van der Waals surface area contributed by atoms with E-state index in [9.17, 15) is 4.79 Å². The minimum atomic E-state index is 0.0714. The first-order valence-electron chi connectivity index (χ1n) is 4.93. The number of hydrogen-bond acceptors (Lipinski definition) is 2. The lowest BCUT2D eigenvalue weighted by atomic mass is 9.73. The minimum Gasteiger partial charge on any atom is -0.341 e. The average molecular weight is 183 g/mol. The minimum absolute atomic E-state index is 0.0714. The second-order valence-electron chi connectivity index (χ2n) is 4.15. The van der Waals surface area contributed by atoms with E-state index in [1.165, 1.54) is 0 Å². The number of carbonyl (C=O) groups is 1. The Hall–Kier alpha value is -0.770. The van der Waals surface area contributed by atoms with Crippen molar-refractivity contribution in [3.05, 3.63) is 0 Å². The van der Waals surface area contributed by atoms with E-state index in [1.807, 2.05) is 4.90 Å². The highest BCUT2D eigenvalue weighted by Crippen LogP contribution is 2.34. The van der Waals surface area contributed by atoms with Crippen LogP contribution in [0.25, 0.3) is 0 Å². The lowest BCUT2D eigenvalue weighted by molar-refractivity contribution is 0.0692. The predicted octanol–water partition coefficient (Wildman–Crippen LogP) is 0.0112. The van der Waals surface area contributed by atoms with Gasteiger partial charge in [0, 0.05) is 33.2 Å². The first-order valence-corrected chi connectivity index (χ1v) is 4.93. The second kappa shape index (κ2) is 3.18. The first kappa shape index (κ1) is 8.81. The van der Waals surface area contributed by atoms with Crippen LogP contribution >= 0.6 is 0 Å². The number of carbonyl (C=O) groups excluding carboxylic acids is 1. The zero-order chi connectivity index (χ0) is 9.31. The van der Waals surface area contributed by atoms with Crippen LogP contribution in [0, 0.1) is 5.41 Å². The SMILES string of the molecule is CNC(=O)N1CCC2(CC1)CNC2. The van der Waals surface area contributed by atoms with E-state index < -0.39 is 0 Å². The highest BCUT2D eigenvalue weighted by Gasteiger charge is 2.40. The third-order valence-electron chi connectivity index (χ3n) is 3.33. The van der Waals surface area contributed by atoms with Crippen molar-refractivity contribution in [1.29, 1.82) is 0 Å². The molecule has 4 nitrogen and oxygen atoms in total. The Balaban J connectivity index is 1.85. The molecule has 2 aliphatic heterocycles. The standard InChI is InChI=1S/C9H17N3O/c1-10-8(13)12-4-2-9(3-5-12)6-11-7-9/h11H,2-7H2,1H3,(H,10,13). The fraction of sp³-hybridized carbons (Fsp3) is 0.889. The predicted molar refractivity (Wildman–Crippen MR) is 50.6 cm³/mol. The zero-order valence-corrected chi connectivity index (χ0v) is 8.10. The van der Waals surface area contributed by atoms with Crippen LogP contribution in [0.3, 0.4) is 0 Å². The van der Waals surface area contributed by atoms with Crippen LogP contribution in [0.5, 0.6) is 0 Å². The van der Waals surface area contributed by atoms with E-state index in [-0.39, 0.29) is 6.03 Å². The number of nitrogens with zero attached hydrogens (tertiary/aromatic N) is 1. The smallest absolute Gasteiger partial charge is 0.317 e. The van der Waals surface area contributed by atoms with Crippen molar-refractivity contribution < 1.29 is 4.79 Å². The van der Waals surface area contributed by atoms with E-state index in [0.29, 0.717) is 5.41 Å². The van der Waals surface area contributed by atoms with E-state index in [4.69, 9.17) is 0 Å². The molecule has 0 bridgehead atoms. The second-order valence-corrected chi connectivity index (χ2v) is 4.15. The maximum Gasteiger partial charge on any atom is 0.317 e. The molecule has 74 valence electrons. The van der Waals surface area contributed by atoms with Gasteiger partial charge in [0.05, 0.1) is 0 Å². The van der Waals surface area contributed by atoms with Crippen LogP contribution in [0.2, 0.25) is 0 Å². The molecule has 2 aliphatic rings. The molecule has 0 aliphatic carbocycles. The topological polar surface area (TPSA) is 44.4 Å². The molecule has 0 atom stereocenters. The molecule has 2 heterocycles. The van der Waals surface area contributed by atoms with Crippen molar-refractivity contribution in [2.24, 2.45) is 5.41 Å². The Bertz CT molecular complexity index is 203. The number of likely N-dealkylation sites (tertiary alicyclic amines) is 1. The monoisotopic (exact) mass is 183 g/mol. The lowest BCUT2D eigenvalue weighted by Gasteiger charge is -2.48. The molecule has 0 aromatic heterocycles. The molecular formula is C9H17N3O. The molecule has 0 saturated carbocycles. The summed E-state index contributed by atoms with van der Waals surface area (Å²) in [6.45, 7) is 4.13. The normalized spacial score (nSPS) is 25.5. The van der Waals surface area contributed by atoms with E-state index in [0.717, 1.165) is 39.0 Å². The molecule has 2 amide bonds. The molecule has 1 spiro atoms. The molecule has 13 heavy (non-hydrogen) atoms. The van der Waals surface area contributed by atoms with Crippen molar-refractivity contribution in [3.8, 4) is 0 Å². The molecule has 4 heteroatoms. The third-order valence-corrected chi connectivity index (χ3v) is 3.33. The van der Waals surface area contributed by atoms with Crippen molar-refractivity contribution in [3.63, 3.8) is 0 Å². The van der Waals surface area contributed by atoms with Crippen LogP contribution in [0.15, 0.2) is 0 Å². The van der Waals surface area contributed by atoms with Gasteiger partial charge in [-0.05, 0) is 18.3 Å². The molecular weight excluding hydrogens is 166 g/mol. The van der Waals surface area contributed by atoms with Crippen molar-refractivity contribution >= 4 is 6.03 Å². The highest BCUT2D eigenvalue weighted by molar-refractivity contribution is 5.73. The van der Waals surface area contributed by atoms with Gasteiger partial charge in [-0.2, -0.15) is 0 Å². The summed E-state index contributed by atoms with van der Waals surface area (Å²) in [4.78, 5) is 13.2. The van der Waals surface area contributed by atoms with Crippen LogP contribution in [0.1, 0.15) is 12.8 Å². The van der Waals surface area contributed by atoms with Gasteiger partial charge >= 0.3 is 6.03 Å². The van der Waals surface area contributed by atoms with Crippen LogP contribution in [-0.4, -0.2) is 44.2 Å². The van der Waals surface area contributed by atoms with Crippen LogP contribution in [0.4, 0.5) is 4.79 Å². The van der Waals surface area contributed by atoms with Gasteiger partial charge in [0.1, 0.15) is 0 Å². The van der Waals surface area contributed by atoms with Crippen molar-refractivity contribution in [1.82, 2.24) is 15.5 Å². The van der Waals surface area contributed by atoms with Gasteiger partial charge in [-0.15, -0.1) is 0 Å². The molecule has 2 N–H and O–H groups in total. The van der Waals surface area contributed by atoms with Gasteiger partial charge < -0.3 is 15.5 Å². The Kier molecular flexibility index (Phi) is 2.15.